The van der Waals surface area contributed by atoms with Gasteiger partial charge in [-0.2, -0.15) is 0 Å². The van der Waals surface area contributed by atoms with E-state index in [-0.39, 0.29) is 16.4 Å². The van der Waals surface area contributed by atoms with E-state index in [2.05, 4.69) is 11.9 Å². The van der Waals surface area contributed by atoms with Crippen LogP contribution < -0.4 is 4.74 Å². The van der Waals surface area contributed by atoms with Gasteiger partial charge in [0.25, 0.3) is 0 Å². The zero-order valence-corrected chi connectivity index (χ0v) is 17.3. The number of rotatable bonds is 3. The minimum Gasteiger partial charge on any atom is -0.485 e. The number of carboxylic acid groups (broad SMARTS) is 1. The number of fused-ring (bicyclic) bond motifs is 1. The van der Waals surface area contributed by atoms with E-state index in [1.54, 1.807) is 30.5 Å². The number of ether oxygens (including phenoxy) is 1. The van der Waals surface area contributed by atoms with E-state index in [4.69, 9.17) is 9.84 Å². The van der Waals surface area contributed by atoms with Crippen molar-refractivity contribution in [3.05, 3.63) is 42.1 Å². The third kappa shape index (κ3) is 3.81. The molecule has 1 amide bonds. The Morgan fingerprint density at radius 1 is 1.24 bits per heavy atom. The van der Waals surface area contributed by atoms with E-state index >= 15 is 0 Å². The number of benzene rings is 1. The summed E-state index contributed by atoms with van der Waals surface area (Å²) in [5.74, 6) is 1.05. The Kier molecular flexibility index (Phi) is 4.77. The van der Waals surface area contributed by atoms with Gasteiger partial charge in [0, 0.05) is 42.8 Å². The predicted octanol–water partition coefficient (Wildman–Crippen LogP) is 3.24. The quantitative estimate of drug-likeness (QED) is 0.825. The van der Waals surface area contributed by atoms with Crippen molar-refractivity contribution in [2.24, 2.45) is 5.92 Å². The normalized spacial score (nSPS) is 22.2. The summed E-state index contributed by atoms with van der Waals surface area (Å²) < 4.78 is 29.6. The van der Waals surface area contributed by atoms with Crippen molar-refractivity contribution >= 4 is 15.9 Å². The molecule has 0 aliphatic carbocycles. The summed E-state index contributed by atoms with van der Waals surface area (Å²) in [7, 11) is -3.23. The van der Waals surface area contributed by atoms with Crippen LogP contribution >= 0.6 is 0 Å². The molecule has 8 heteroatoms. The third-order valence-corrected chi connectivity index (χ3v) is 7.17. The number of sulfone groups is 1. The average molecular weight is 416 g/mol. The number of piperidine rings is 1. The van der Waals surface area contributed by atoms with E-state index in [1.165, 1.54) is 11.2 Å². The molecule has 29 heavy (non-hydrogen) atoms. The van der Waals surface area contributed by atoms with Gasteiger partial charge in [0.15, 0.2) is 9.84 Å². The zero-order chi connectivity index (χ0) is 20.8. The number of amides is 1. The van der Waals surface area contributed by atoms with Crippen molar-refractivity contribution in [3.63, 3.8) is 0 Å². The zero-order valence-electron chi connectivity index (χ0n) is 16.5. The number of hydrogen-bond acceptors (Lipinski definition) is 5. The maximum Gasteiger partial charge on any atom is 0.407 e. The van der Waals surface area contributed by atoms with E-state index in [9.17, 15) is 13.2 Å². The highest BCUT2D eigenvalue weighted by atomic mass is 32.2. The lowest BCUT2D eigenvalue weighted by Gasteiger charge is -2.39. The van der Waals surface area contributed by atoms with Gasteiger partial charge in [-0.25, -0.2) is 13.2 Å². The smallest absolute Gasteiger partial charge is 0.407 e. The molecule has 0 spiro atoms. The number of likely N-dealkylation sites (tertiary alicyclic amines) is 1. The number of carbonyl (C=O) groups is 1. The topological polar surface area (TPSA) is 96.8 Å². The molecule has 3 heterocycles. The maximum absolute atomic E-state index is 11.6. The van der Waals surface area contributed by atoms with Crippen LogP contribution in [0.2, 0.25) is 0 Å². The lowest BCUT2D eigenvalue weighted by Crippen LogP contribution is -2.47. The summed E-state index contributed by atoms with van der Waals surface area (Å²) in [5.41, 5.74) is 2.33. The SMILES string of the molecule is CC1(C2CCN(C(=O)O)CC2)Cc2cc(-c3ccc(S(C)(=O)=O)cc3)ncc2O1. The Morgan fingerprint density at radius 2 is 1.90 bits per heavy atom. The molecule has 1 unspecified atom stereocenters. The fraction of sp³-hybridized carbons (Fsp3) is 0.429. The van der Waals surface area contributed by atoms with Crippen molar-refractivity contribution in [1.82, 2.24) is 9.88 Å². The van der Waals surface area contributed by atoms with Crippen molar-refractivity contribution in [3.8, 4) is 17.0 Å². The Labute approximate surface area is 170 Å². The second-order valence-corrected chi connectivity index (χ2v) is 10.1. The molecule has 0 saturated carbocycles. The van der Waals surface area contributed by atoms with Gasteiger partial charge in [-0.1, -0.05) is 12.1 Å². The highest BCUT2D eigenvalue weighted by molar-refractivity contribution is 7.90. The summed E-state index contributed by atoms with van der Waals surface area (Å²) in [5, 5.41) is 9.15. The summed E-state index contributed by atoms with van der Waals surface area (Å²) in [6.07, 6.45) is 4.37. The highest BCUT2D eigenvalue weighted by Crippen LogP contribution is 2.43. The van der Waals surface area contributed by atoms with Crippen molar-refractivity contribution < 1.29 is 23.1 Å². The fourth-order valence-electron chi connectivity index (χ4n) is 4.32. The van der Waals surface area contributed by atoms with Gasteiger partial charge in [-0.3, -0.25) is 4.98 Å². The first-order chi connectivity index (χ1) is 13.7. The fourth-order valence-corrected chi connectivity index (χ4v) is 4.95. The molecule has 1 fully saturated rings. The lowest BCUT2D eigenvalue weighted by atomic mass is 9.79. The van der Waals surface area contributed by atoms with Gasteiger partial charge in [0.2, 0.25) is 0 Å². The summed E-state index contributed by atoms with van der Waals surface area (Å²) in [6.45, 7) is 3.16. The molecule has 1 saturated heterocycles. The Bertz CT molecular complexity index is 1040. The minimum absolute atomic E-state index is 0.281. The molecule has 4 rings (SSSR count). The van der Waals surface area contributed by atoms with E-state index in [0.717, 1.165) is 41.8 Å². The largest absolute Gasteiger partial charge is 0.485 e. The van der Waals surface area contributed by atoms with Gasteiger partial charge in [0.05, 0.1) is 16.8 Å². The Morgan fingerprint density at radius 3 is 2.48 bits per heavy atom. The number of pyridine rings is 1. The minimum atomic E-state index is -3.23. The summed E-state index contributed by atoms with van der Waals surface area (Å²) in [4.78, 5) is 17.4. The molecule has 7 nitrogen and oxygen atoms in total. The molecule has 1 N–H and O–H groups in total. The van der Waals surface area contributed by atoms with E-state index in [0.29, 0.717) is 13.1 Å². The molecule has 2 aliphatic rings. The molecule has 2 aliphatic heterocycles. The maximum atomic E-state index is 11.6. The lowest BCUT2D eigenvalue weighted by molar-refractivity contribution is 0.0130. The van der Waals surface area contributed by atoms with Crippen LogP contribution in [0.5, 0.6) is 5.75 Å². The summed E-state index contributed by atoms with van der Waals surface area (Å²) >= 11 is 0. The van der Waals surface area contributed by atoms with Crippen LogP contribution in [0.1, 0.15) is 25.3 Å². The molecule has 1 atom stereocenters. The van der Waals surface area contributed by atoms with Crippen LogP contribution in [0.15, 0.2) is 41.4 Å². The van der Waals surface area contributed by atoms with Crippen molar-refractivity contribution in [2.75, 3.05) is 19.3 Å². The first-order valence-corrected chi connectivity index (χ1v) is 11.5. The van der Waals surface area contributed by atoms with Gasteiger partial charge < -0.3 is 14.7 Å². The van der Waals surface area contributed by atoms with Crippen LogP contribution in [-0.4, -0.2) is 54.4 Å². The molecule has 154 valence electrons. The summed E-state index contributed by atoms with van der Waals surface area (Å²) in [6, 6.07) is 8.72. The molecule has 1 aromatic carbocycles. The Balaban J connectivity index is 1.52. The van der Waals surface area contributed by atoms with Gasteiger partial charge in [0.1, 0.15) is 11.4 Å². The molecular weight excluding hydrogens is 392 g/mol. The number of nitrogens with zero attached hydrogens (tertiary/aromatic N) is 2. The monoisotopic (exact) mass is 416 g/mol. The standard InChI is InChI=1S/C21H24N2O5S/c1-21(16-7-9-23(10-8-16)20(24)25)12-15-11-18(22-13-19(15)28-21)14-3-5-17(6-4-14)29(2,26)27/h3-6,11,13,16H,7-10,12H2,1-2H3,(H,24,25). The van der Waals surface area contributed by atoms with Gasteiger partial charge in [-0.15, -0.1) is 0 Å². The number of hydrogen-bond donors (Lipinski definition) is 1. The molecule has 2 aromatic rings. The highest BCUT2D eigenvalue weighted by Gasteiger charge is 2.43. The van der Waals surface area contributed by atoms with Crippen LogP contribution in [0.25, 0.3) is 11.3 Å². The Hall–Kier alpha value is -2.61. The van der Waals surface area contributed by atoms with Crippen molar-refractivity contribution in [1.29, 1.82) is 0 Å². The van der Waals surface area contributed by atoms with Crippen LogP contribution in [-0.2, 0) is 16.3 Å². The van der Waals surface area contributed by atoms with Crippen LogP contribution in [0.4, 0.5) is 4.79 Å². The van der Waals surface area contributed by atoms with Crippen molar-refractivity contribution in [2.45, 2.75) is 36.7 Å². The van der Waals surface area contributed by atoms with E-state index < -0.39 is 15.9 Å². The van der Waals surface area contributed by atoms with Crippen LogP contribution in [0.3, 0.4) is 0 Å². The number of aromatic nitrogens is 1. The van der Waals surface area contributed by atoms with Crippen LogP contribution in [0, 0.1) is 5.92 Å². The molecule has 1 aromatic heterocycles. The predicted molar refractivity (Wildman–Crippen MR) is 108 cm³/mol. The van der Waals surface area contributed by atoms with E-state index in [1.807, 2.05) is 6.07 Å². The third-order valence-electron chi connectivity index (χ3n) is 6.04. The van der Waals surface area contributed by atoms with Gasteiger partial charge in [-0.05, 0) is 38.0 Å². The average Bonchev–Trinajstić information content (AvgIpc) is 3.04. The molecular formula is C21H24N2O5S. The molecule has 0 radical (unpaired) electrons. The molecule has 0 bridgehead atoms. The second-order valence-electron chi connectivity index (χ2n) is 8.11. The first kappa shape index (κ1) is 19.7. The first-order valence-electron chi connectivity index (χ1n) is 9.62. The second kappa shape index (κ2) is 7.02. The van der Waals surface area contributed by atoms with Gasteiger partial charge >= 0.3 is 6.09 Å².